The molecule has 0 aliphatic rings. The molecule has 0 saturated heterocycles. The van der Waals surface area contributed by atoms with E-state index in [9.17, 15) is 9.59 Å². The SMILES string of the molecule is CCNC(=O)C(Cc1ccccc1)N(Cc1c(Cl)cccc1Cl)C(=O)Cc1ccc(C)cc1. The summed E-state index contributed by atoms with van der Waals surface area (Å²) >= 11 is 12.9. The molecule has 172 valence electrons. The van der Waals surface area contributed by atoms with E-state index in [0.29, 0.717) is 28.6 Å². The normalized spacial score (nSPS) is 11.6. The van der Waals surface area contributed by atoms with Gasteiger partial charge in [0, 0.05) is 35.1 Å². The number of halogens is 2. The van der Waals surface area contributed by atoms with E-state index in [2.05, 4.69) is 5.32 Å². The van der Waals surface area contributed by atoms with Crippen LogP contribution >= 0.6 is 23.2 Å². The molecule has 1 unspecified atom stereocenters. The maximum Gasteiger partial charge on any atom is 0.243 e. The first-order valence-electron chi connectivity index (χ1n) is 11.0. The topological polar surface area (TPSA) is 49.4 Å². The van der Waals surface area contributed by atoms with Gasteiger partial charge in [0.15, 0.2) is 0 Å². The molecule has 0 spiro atoms. The number of aryl methyl sites for hydroxylation is 1. The fourth-order valence-electron chi connectivity index (χ4n) is 3.68. The van der Waals surface area contributed by atoms with E-state index in [1.165, 1.54) is 0 Å². The van der Waals surface area contributed by atoms with Gasteiger partial charge >= 0.3 is 0 Å². The Morgan fingerprint density at radius 3 is 2.12 bits per heavy atom. The molecular formula is C27H28Cl2N2O2. The van der Waals surface area contributed by atoms with Crippen molar-refractivity contribution in [3.05, 3.63) is 105 Å². The molecule has 1 atom stereocenters. The maximum absolute atomic E-state index is 13.6. The molecule has 0 heterocycles. The van der Waals surface area contributed by atoms with Crippen LogP contribution in [0.4, 0.5) is 0 Å². The maximum atomic E-state index is 13.6. The quantitative estimate of drug-likeness (QED) is 0.430. The lowest BCUT2D eigenvalue weighted by atomic mass is 10.0. The Balaban J connectivity index is 1.99. The first-order chi connectivity index (χ1) is 15.9. The van der Waals surface area contributed by atoms with Gasteiger partial charge in [0.2, 0.25) is 11.8 Å². The second-order valence-corrected chi connectivity index (χ2v) is 8.80. The van der Waals surface area contributed by atoms with Gasteiger partial charge in [-0.3, -0.25) is 9.59 Å². The summed E-state index contributed by atoms with van der Waals surface area (Å²) in [7, 11) is 0. The average Bonchev–Trinajstić information content (AvgIpc) is 2.80. The van der Waals surface area contributed by atoms with E-state index >= 15 is 0 Å². The lowest BCUT2D eigenvalue weighted by molar-refractivity contribution is -0.140. The number of hydrogen-bond acceptors (Lipinski definition) is 2. The number of hydrogen-bond donors (Lipinski definition) is 1. The smallest absolute Gasteiger partial charge is 0.243 e. The first kappa shape index (κ1) is 24.8. The molecule has 3 aromatic carbocycles. The lowest BCUT2D eigenvalue weighted by Crippen LogP contribution is -2.51. The molecule has 2 amide bonds. The number of nitrogens with one attached hydrogen (secondary N) is 1. The highest BCUT2D eigenvalue weighted by Gasteiger charge is 2.31. The summed E-state index contributed by atoms with van der Waals surface area (Å²) in [5, 5.41) is 3.81. The Bertz CT molecular complexity index is 1060. The lowest BCUT2D eigenvalue weighted by Gasteiger charge is -2.32. The molecule has 4 nitrogen and oxygen atoms in total. The highest BCUT2D eigenvalue weighted by Crippen LogP contribution is 2.27. The van der Waals surface area contributed by atoms with Gasteiger partial charge in [-0.05, 0) is 37.1 Å². The van der Waals surface area contributed by atoms with E-state index < -0.39 is 6.04 Å². The molecule has 0 fully saturated rings. The molecule has 33 heavy (non-hydrogen) atoms. The first-order valence-corrected chi connectivity index (χ1v) is 11.7. The highest BCUT2D eigenvalue weighted by atomic mass is 35.5. The van der Waals surface area contributed by atoms with Crippen LogP contribution in [-0.2, 0) is 29.0 Å². The molecule has 0 bridgehead atoms. The second kappa shape index (κ2) is 11.9. The Morgan fingerprint density at radius 2 is 1.52 bits per heavy atom. The van der Waals surface area contributed by atoms with Crippen molar-refractivity contribution in [2.75, 3.05) is 6.54 Å². The fraction of sp³-hybridized carbons (Fsp3) is 0.259. The van der Waals surface area contributed by atoms with Gasteiger partial charge in [-0.15, -0.1) is 0 Å². The van der Waals surface area contributed by atoms with Crippen molar-refractivity contribution < 1.29 is 9.59 Å². The van der Waals surface area contributed by atoms with Crippen molar-refractivity contribution in [2.24, 2.45) is 0 Å². The van der Waals surface area contributed by atoms with Crippen molar-refractivity contribution in [3.8, 4) is 0 Å². The molecule has 0 aliphatic carbocycles. The summed E-state index contributed by atoms with van der Waals surface area (Å²) in [6, 6.07) is 22.0. The third-order valence-corrected chi connectivity index (χ3v) is 6.20. The van der Waals surface area contributed by atoms with E-state index in [1.807, 2.05) is 68.4 Å². The van der Waals surface area contributed by atoms with Crippen molar-refractivity contribution in [1.82, 2.24) is 10.2 Å². The molecular weight excluding hydrogens is 455 g/mol. The Morgan fingerprint density at radius 1 is 0.879 bits per heavy atom. The van der Waals surface area contributed by atoms with Gasteiger partial charge in [-0.1, -0.05) is 89.4 Å². The summed E-state index contributed by atoms with van der Waals surface area (Å²) in [5.41, 5.74) is 3.60. The van der Waals surface area contributed by atoms with Crippen LogP contribution in [0.5, 0.6) is 0 Å². The summed E-state index contributed by atoms with van der Waals surface area (Å²) in [5.74, 6) is -0.371. The third kappa shape index (κ3) is 6.83. The predicted octanol–water partition coefficient (Wildman–Crippen LogP) is 5.62. The second-order valence-electron chi connectivity index (χ2n) is 7.98. The Kier molecular flexibility index (Phi) is 8.93. The predicted molar refractivity (Wildman–Crippen MR) is 135 cm³/mol. The van der Waals surface area contributed by atoms with Gasteiger partial charge in [-0.2, -0.15) is 0 Å². The number of amides is 2. The van der Waals surface area contributed by atoms with Crippen LogP contribution in [-0.4, -0.2) is 29.3 Å². The van der Waals surface area contributed by atoms with Gasteiger partial charge < -0.3 is 10.2 Å². The molecule has 1 N–H and O–H groups in total. The van der Waals surface area contributed by atoms with Crippen LogP contribution in [0.2, 0.25) is 10.0 Å². The molecule has 3 aromatic rings. The van der Waals surface area contributed by atoms with Gasteiger partial charge in [0.25, 0.3) is 0 Å². The van der Waals surface area contributed by atoms with E-state index in [-0.39, 0.29) is 24.8 Å². The largest absolute Gasteiger partial charge is 0.355 e. The zero-order valence-electron chi connectivity index (χ0n) is 18.9. The minimum atomic E-state index is -0.711. The zero-order valence-corrected chi connectivity index (χ0v) is 20.4. The minimum Gasteiger partial charge on any atom is -0.355 e. The molecule has 0 aliphatic heterocycles. The number of benzene rings is 3. The highest BCUT2D eigenvalue weighted by molar-refractivity contribution is 6.36. The van der Waals surface area contributed by atoms with Crippen molar-refractivity contribution >= 4 is 35.0 Å². The molecule has 6 heteroatoms. The Labute approximate surface area is 205 Å². The van der Waals surface area contributed by atoms with Crippen molar-refractivity contribution in [2.45, 2.75) is 39.3 Å². The van der Waals surface area contributed by atoms with Gasteiger partial charge in [0.1, 0.15) is 6.04 Å². The molecule has 0 radical (unpaired) electrons. The monoisotopic (exact) mass is 482 g/mol. The zero-order chi connectivity index (χ0) is 23.8. The summed E-state index contributed by atoms with van der Waals surface area (Å²) in [4.78, 5) is 28.4. The van der Waals surface area contributed by atoms with Crippen LogP contribution in [0, 0.1) is 6.92 Å². The molecule has 3 rings (SSSR count). The van der Waals surface area contributed by atoms with E-state index in [0.717, 1.165) is 16.7 Å². The van der Waals surface area contributed by atoms with Crippen LogP contribution in [0.3, 0.4) is 0 Å². The molecule has 0 aromatic heterocycles. The standard InChI is InChI=1S/C27H28Cl2N2O2/c1-3-30-27(33)25(16-20-8-5-4-6-9-20)31(18-22-23(28)10-7-11-24(22)29)26(32)17-21-14-12-19(2)13-15-21/h4-15,25H,3,16-18H2,1-2H3,(H,30,33). The van der Waals surface area contributed by atoms with Gasteiger partial charge in [0.05, 0.1) is 6.42 Å². The van der Waals surface area contributed by atoms with Crippen LogP contribution in [0.25, 0.3) is 0 Å². The summed E-state index contributed by atoms with van der Waals surface area (Å²) in [6.45, 7) is 4.47. The van der Waals surface area contributed by atoms with Crippen LogP contribution in [0.1, 0.15) is 29.2 Å². The average molecular weight is 483 g/mol. The summed E-state index contributed by atoms with van der Waals surface area (Å²) in [6.07, 6.45) is 0.557. The number of carbonyl (C=O) groups is 2. The van der Waals surface area contributed by atoms with Crippen LogP contribution < -0.4 is 5.32 Å². The Hall–Kier alpha value is -2.82. The number of likely N-dealkylation sites (N-methyl/N-ethyl adjacent to an activating group) is 1. The van der Waals surface area contributed by atoms with Crippen molar-refractivity contribution in [1.29, 1.82) is 0 Å². The number of carbonyl (C=O) groups excluding carboxylic acids is 2. The third-order valence-electron chi connectivity index (χ3n) is 5.49. The van der Waals surface area contributed by atoms with Crippen molar-refractivity contribution in [3.63, 3.8) is 0 Å². The number of nitrogens with zero attached hydrogens (tertiary/aromatic N) is 1. The van der Waals surface area contributed by atoms with E-state index in [1.54, 1.807) is 23.1 Å². The van der Waals surface area contributed by atoms with Gasteiger partial charge in [-0.25, -0.2) is 0 Å². The molecule has 0 saturated carbocycles. The minimum absolute atomic E-state index is 0.137. The summed E-state index contributed by atoms with van der Waals surface area (Å²) < 4.78 is 0. The fourth-order valence-corrected chi connectivity index (χ4v) is 4.20. The van der Waals surface area contributed by atoms with E-state index in [4.69, 9.17) is 23.2 Å². The van der Waals surface area contributed by atoms with Crippen LogP contribution in [0.15, 0.2) is 72.8 Å². The number of rotatable bonds is 9.